The SMILES string of the molecule is COc1cc(C(=O)O)ccc1CCNC(=O)C1CCCS1(=O)=O. The molecule has 1 aliphatic rings. The molecule has 2 N–H and O–H groups in total. The van der Waals surface area contributed by atoms with Crippen LogP contribution < -0.4 is 10.1 Å². The molecule has 1 aromatic rings. The van der Waals surface area contributed by atoms with Gasteiger partial charge >= 0.3 is 5.97 Å². The Morgan fingerprint density at radius 3 is 2.70 bits per heavy atom. The Hall–Kier alpha value is -2.09. The molecule has 0 saturated carbocycles. The fraction of sp³-hybridized carbons (Fsp3) is 0.467. The second-order valence-corrected chi connectivity index (χ2v) is 7.67. The molecule has 8 heteroatoms. The van der Waals surface area contributed by atoms with Crippen molar-refractivity contribution in [3.63, 3.8) is 0 Å². The maximum Gasteiger partial charge on any atom is 0.335 e. The lowest BCUT2D eigenvalue weighted by Gasteiger charge is -2.12. The fourth-order valence-corrected chi connectivity index (χ4v) is 4.39. The van der Waals surface area contributed by atoms with Crippen LogP contribution in [0.15, 0.2) is 18.2 Å². The minimum absolute atomic E-state index is 0.0650. The number of carbonyl (C=O) groups is 2. The van der Waals surface area contributed by atoms with E-state index in [1.807, 2.05) is 0 Å². The zero-order valence-corrected chi connectivity index (χ0v) is 13.6. The average molecular weight is 341 g/mol. The number of nitrogens with one attached hydrogen (secondary N) is 1. The van der Waals surface area contributed by atoms with Gasteiger partial charge in [-0.25, -0.2) is 13.2 Å². The largest absolute Gasteiger partial charge is 0.496 e. The van der Waals surface area contributed by atoms with Crippen molar-refractivity contribution in [2.24, 2.45) is 0 Å². The minimum atomic E-state index is -3.31. The summed E-state index contributed by atoms with van der Waals surface area (Å²) in [7, 11) is -1.87. The van der Waals surface area contributed by atoms with Crippen molar-refractivity contribution in [2.45, 2.75) is 24.5 Å². The number of carboxylic acids is 1. The lowest BCUT2D eigenvalue weighted by molar-refractivity contribution is -0.120. The van der Waals surface area contributed by atoms with Crippen molar-refractivity contribution in [3.05, 3.63) is 29.3 Å². The smallest absolute Gasteiger partial charge is 0.335 e. The van der Waals surface area contributed by atoms with Crippen LogP contribution in [0.25, 0.3) is 0 Å². The second-order valence-electron chi connectivity index (χ2n) is 5.37. The van der Waals surface area contributed by atoms with Gasteiger partial charge in [-0.15, -0.1) is 0 Å². The Bertz CT molecular complexity index is 713. The highest BCUT2D eigenvalue weighted by molar-refractivity contribution is 7.93. The van der Waals surface area contributed by atoms with Crippen LogP contribution >= 0.6 is 0 Å². The number of aromatic carboxylic acids is 1. The third kappa shape index (κ3) is 4.01. The summed E-state index contributed by atoms with van der Waals surface area (Å²) in [6.45, 7) is 0.258. The van der Waals surface area contributed by atoms with Gasteiger partial charge in [0, 0.05) is 6.54 Å². The van der Waals surface area contributed by atoms with Gasteiger partial charge in [-0.2, -0.15) is 0 Å². The van der Waals surface area contributed by atoms with Crippen molar-refractivity contribution < 1.29 is 27.9 Å². The lowest BCUT2D eigenvalue weighted by atomic mass is 10.1. The van der Waals surface area contributed by atoms with Crippen LogP contribution in [-0.4, -0.2) is 50.1 Å². The van der Waals surface area contributed by atoms with Crippen LogP contribution in [0.4, 0.5) is 0 Å². The van der Waals surface area contributed by atoms with E-state index in [1.54, 1.807) is 6.07 Å². The molecule has 0 aromatic heterocycles. The summed E-state index contributed by atoms with van der Waals surface area (Å²) in [5, 5.41) is 10.6. The number of amides is 1. The number of carboxylic acid groups (broad SMARTS) is 1. The standard InChI is InChI=1S/C15H19NO6S/c1-22-12-9-11(15(18)19)5-4-10(12)6-7-16-14(17)13-3-2-8-23(13,20)21/h4-5,9,13H,2-3,6-8H2,1H3,(H,16,17)(H,18,19). The van der Waals surface area contributed by atoms with Gasteiger partial charge in [0.15, 0.2) is 9.84 Å². The van der Waals surface area contributed by atoms with Gasteiger partial charge in [-0.1, -0.05) is 6.07 Å². The molecule has 0 aliphatic carbocycles. The van der Waals surface area contributed by atoms with Gasteiger partial charge in [0.05, 0.1) is 18.4 Å². The molecule has 7 nitrogen and oxygen atoms in total. The zero-order valence-electron chi connectivity index (χ0n) is 12.7. The van der Waals surface area contributed by atoms with Gasteiger partial charge in [0.25, 0.3) is 0 Å². The van der Waals surface area contributed by atoms with E-state index in [0.717, 1.165) is 5.56 Å². The van der Waals surface area contributed by atoms with E-state index in [2.05, 4.69) is 5.32 Å². The van der Waals surface area contributed by atoms with Crippen molar-refractivity contribution in [1.82, 2.24) is 5.32 Å². The predicted molar refractivity (Wildman–Crippen MR) is 83.5 cm³/mol. The van der Waals surface area contributed by atoms with Crippen LogP contribution in [0.3, 0.4) is 0 Å². The van der Waals surface area contributed by atoms with Gasteiger partial charge in [-0.05, 0) is 37.0 Å². The highest BCUT2D eigenvalue weighted by Crippen LogP contribution is 2.22. The first-order valence-corrected chi connectivity index (χ1v) is 8.96. The topological polar surface area (TPSA) is 110 Å². The van der Waals surface area contributed by atoms with Gasteiger partial charge in [0.2, 0.25) is 5.91 Å². The number of hydrogen-bond acceptors (Lipinski definition) is 5. The quantitative estimate of drug-likeness (QED) is 0.785. The molecule has 1 aromatic carbocycles. The van der Waals surface area contributed by atoms with Gasteiger partial charge < -0.3 is 15.2 Å². The molecule has 0 radical (unpaired) electrons. The average Bonchev–Trinajstić information content (AvgIpc) is 2.86. The first-order chi connectivity index (χ1) is 10.8. The summed E-state index contributed by atoms with van der Waals surface area (Å²) in [4.78, 5) is 22.9. The first kappa shape index (κ1) is 17.3. The van der Waals surface area contributed by atoms with Gasteiger partial charge in [0.1, 0.15) is 11.0 Å². The molecule has 0 bridgehead atoms. The molecule has 126 valence electrons. The Kier molecular flexibility index (Phi) is 5.25. The zero-order chi connectivity index (χ0) is 17.0. The Labute approximate surface area is 134 Å². The van der Waals surface area contributed by atoms with Gasteiger partial charge in [-0.3, -0.25) is 4.79 Å². The molecular weight excluding hydrogens is 322 g/mol. The maximum absolute atomic E-state index is 11.9. The van der Waals surface area contributed by atoms with Crippen molar-refractivity contribution in [3.8, 4) is 5.75 Å². The molecule has 1 unspecified atom stereocenters. The molecule has 1 heterocycles. The number of sulfone groups is 1. The van der Waals surface area contributed by atoms with Crippen LogP contribution in [0.1, 0.15) is 28.8 Å². The number of hydrogen-bond donors (Lipinski definition) is 2. The third-order valence-electron chi connectivity index (χ3n) is 3.85. The molecule has 23 heavy (non-hydrogen) atoms. The number of rotatable bonds is 6. The van der Waals surface area contributed by atoms with E-state index in [-0.39, 0.29) is 17.9 Å². The van der Waals surface area contributed by atoms with E-state index >= 15 is 0 Å². The minimum Gasteiger partial charge on any atom is -0.496 e. The summed E-state index contributed by atoms with van der Waals surface area (Å²) in [6.07, 6.45) is 1.30. The van der Waals surface area contributed by atoms with Crippen molar-refractivity contribution in [2.75, 3.05) is 19.4 Å². The van der Waals surface area contributed by atoms with E-state index < -0.39 is 27.0 Å². The maximum atomic E-state index is 11.9. The Balaban J connectivity index is 1.96. The van der Waals surface area contributed by atoms with Crippen LogP contribution in [0, 0.1) is 0 Å². The molecule has 2 rings (SSSR count). The Morgan fingerprint density at radius 1 is 1.39 bits per heavy atom. The number of ether oxygens (including phenoxy) is 1. The fourth-order valence-electron chi connectivity index (χ4n) is 2.60. The summed E-state index contributed by atoms with van der Waals surface area (Å²) in [5.74, 6) is -1.03. The highest BCUT2D eigenvalue weighted by atomic mass is 32.2. The third-order valence-corrected chi connectivity index (χ3v) is 6.02. The Morgan fingerprint density at radius 2 is 2.13 bits per heavy atom. The van der Waals surface area contributed by atoms with Crippen LogP contribution in [-0.2, 0) is 21.1 Å². The molecule has 1 atom stereocenters. The molecule has 1 fully saturated rings. The number of carbonyl (C=O) groups excluding carboxylic acids is 1. The monoisotopic (exact) mass is 341 g/mol. The molecule has 0 spiro atoms. The van der Waals surface area contributed by atoms with E-state index in [9.17, 15) is 18.0 Å². The molecular formula is C15H19NO6S. The van der Waals surface area contributed by atoms with Crippen molar-refractivity contribution in [1.29, 1.82) is 0 Å². The van der Waals surface area contributed by atoms with Crippen LogP contribution in [0.2, 0.25) is 0 Å². The lowest BCUT2D eigenvalue weighted by Crippen LogP contribution is -2.38. The predicted octanol–water partition coefficient (Wildman–Crippen LogP) is 0.629. The molecule has 1 amide bonds. The first-order valence-electron chi connectivity index (χ1n) is 7.24. The molecule has 1 aliphatic heterocycles. The second kappa shape index (κ2) is 6.99. The summed E-state index contributed by atoms with van der Waals surface area (Å²) < 4.78 is 28.6. The summed E-state index contributed by atoms with van der Waals surface area (Å²) in [6, 6.07) is 4.51. The molecule has 1 saturated heterocycles. The van der Waals surface area contributed by atoms with E-state index in [4.69, 9.17) is 9.84 Å². The van der Waals surface area contributed by atoms with Crippen LogP contribution in [0.5, 0.6) is 5.75 Å². The number of methoxy groups -OCH3 is 1. The van der Waals surface area contributed by atoms with E-state index in [0.29, 0.717) is 25.0 Å². The summed E-state index contributed by atoms with van der Waals surface area (Å²) in [5.41, 5.74) is 0.860. The normalized spacial score (nSPS) is 19.3. The van der Waals surface area contributed by atoms with E-state index in [1.165, 1.54) is 19.2 Å². The van der Waals surface area contributed by atoms with Crippen molar-refractivity contribution >= 4 is 21.7 Å². The highest BCUT2D eigenvalue weighted by Gasteiger charge is 2.36. The summed E-state index contributed by atoms with van der Waals surface area (Å²) >= 11 is 0. The number of benzene rings is 1.